The maximum absolute atomic E-state index is 5.46. The van der Waals surface area contributed by atoms with E-state index in [2.05, 4.69) is 18.9 Å². The molecule has 0 saturated carbocycles. The fraction of sp³-hybridized carbons (Fsp3) is 0.357. The summed E-state index contributed by atoms with van der Waals surface area (Å²) in [7, 11) is 3.29. The minimum atomic E-state index is 0.297. The van der Waals surface area contributed by atoms with E-state index in [0.717, 1.165) is 22.8 Å². The van der Waals surface area contributed by atoms with Gasteiger partial charge in [0.25, 0.3) is 0 Å². The summed E-state index contributed by atoms with van der Waals surface area (Å²) in [5, 5.41) is 4.34. The van der Waals surface area contributed by atoms with Gasteiger partial charge in [-0.2, -0.15) is 5.10 Å². The third kappa shape index (κ3) is 2.06. The van der Waals surface area contributed by atoms with Gasteiger partial charge in [0.05, 0.1) is 19.9 Å². The third-order valence-electron chi connectivity index (χ3n) is 2.84. The number of hydrogen-bond donors (Lipinski definition) is 0. The van der Waals surface area contributed by atoms with Crippen molar-refractivity contribution in [1.29, 1.82) is 0 Å². The summed E-state index contributed by atoms with van der Waals surface area (Å²) in [6.45, 7) is 4.20. The van der Waals surface area contributed by atoms with E-state index in [1.807, 2.05) is 28.9 Å². The summed E-state index contributed by atoms with van der Waals surface area (Å²) in [6.07, 6.45) is 1.80. The summed E-state index contributed by atoms with van der Waals surface area (Å²) < 4.78 is 12.7. The molecule has 0 bridgehead atoms. The minimum absolute atomic E-state index is 0.297. The number of aromatic nitrogens is 2. The van der Waals surface area contributed by atoms with Gasteiger partial charge in [0.2, 0.25) is 0 Å². The average Bonchev–Trinajstić information content (AvgIpc) is 2.86. The van der Waals surface area contributed by atoms with Crippen LogP contribution >= 0.6 is 0 Å². The molecule has 0 aliphatic carbocycles. The number of ether oxygens (including phenoxy) is 2. The van der Waals surface area contributed by atoms with Crippen LogP contribution in [0.25, 0.3) is 11.3 Å². The summed E-state index contributed by atoms with van der Waals surface area (Å²) in [5.74, 6) is 1.47. The Bertz CT molecular complexity index is 532. The Hall–Kier alpha value is -1.97. The zero-order valence-corrected chi connectivity index (χ0v) is 11.2. The van der Waals surface area contributed by atoms with Crippen LogP contribution in [-0.4, -0.2) is 24.0 Å². The normalized spacial score (nSPS) is 10.7. The van der Waals surface area contributed by atoms with Gasteiger partial charge in [-0.1, -0.05) is 6.07 Å². The first-order valence-corrected chi connectivity index (χ1v) is 5.94. The molecule has 0 aliphatic heterocycles. The number of rotatable bonds is 4. The van der Waals surface area contributed by atoms with Crippen LogP contribution in [0.15, 0.2) is 30.5 Å². The second kappa shape index (κ2) is 5.12. The Kier molecular flexibility index (Phi) is 3.55. The Balaban J connectivity index is 2.60. The molecule has 0 amide bonds. The highest BCUT2D eigenvalue weighted by Crippen LogP contribution is 2.38. The average molecular weight is 246 g/mol. The summed E-state index contributed by atoms with van der Waals surface area (Å²) >= 11 is 0. The maximum Gasteiger partial charge on any atom is 0.170 e. The predicted octanol–water partition coefficient (Wildman–Crippen LogP) is 3.15. The maximum atomic E-state index is 5.46. The quantitative estimate of drug-likeness (QED) is 0.831. The standard InChI is InChI=1S/C14H18N2O2/c1-10(2)16-12(8-9-15-16)11-6-5-7-13(17-3)14(11)18-4/h5-10H,1-4H3. The largest absolute Gasteiger partial charge is 0.493 e. The second-order valence-electron chi connectivity index (χ2n) is 4.30. The van der Waals surface area contributed by atoms with Crippen molar-refractivity contribution >= 4 is 0 Å². The van der Waals surface area contributed by atoms with Gasteiger partial charge in [0.1, 0.15) is 0 Å². The van der Waals surface area contributed by atoms with E-state index in [1.54, 1.807) is 20.4 Å². The van der Waals surface area contributed by atoms with Crippen molar-refractivity contribution in [3.05, 3.63) is 30.5 Å². The monoisotopic (exact) mass is 246 g/mol. The van der Waals surface area contributed by atoms with Crippen molar-refractivity contribution in [3.63, 3.8) is 0 Å². The topological polar surface area (TPSA) is 36.3 Å². The van der Waals surface area contributed by atoms with Gasteiger partial charge in [0, 0.05) is 17.8 Å². The van der Waals surface area contributed by atoms with E-state index in [0.29, 0.717) is 6.04 Å². The number of nitrogens with zero attached hydrogens (tertiary/aromatic N) is 2. The molecule has 4 heteroatoms. The zero-order valence-electron chi connectivity index (χ0n) is 11.2. The second-order valence-corrected chi connectivity index (χ2v) is 4.30. The van der Waals surface area contributed by atoms with Gasteiger partial charge in [-0.3, -0.25) is 4.68 Å². The van der Waals surface area contributed by atoms with Gasteiger partial charge in [-0.25, -0.2) is 0 Å². The number of methoxy groups -OCH3 is 2. The number of hydrogen-bond acceptors (Lipinski definition) is 3. The molecular weight excluding hydrogens is 228 g/mol. The van der Waals surface area contributed by atoms with Crippen LogP contribution in [-0.2, 0) is 0 Å². The van der Waals surface area contributed by atoms with Gasteiger partial charge in [-0.15, -0.1) is 0 Å². The predicted molar refractivity (Wildman–Crippen MR) is 71.2 cm³/mol. The molecular formula is C14H18N2O2. The molecule has 0 saturated heterocycles. The highest BCUT2D eigenvalue weighted by atomic mass is 16.5. The van der Waals surface area contributed by atoms with Gasteiger partial charge in [0.15, 0.2) is 11.5 Å². The third-order valence-corrected chi connectivity index (χ3v) is 2.84. The molecule has 0 spiro atoms. The molecule has 0 atom stereocenters. The van der Waals surface area contributed by atoms with Crippen molar-refractivity contribution in [2.45, 2.75) is 19.9 Å². The minimum Gasteiger partial charge on any atom is -0.493 e. The first kappa shape index (κ1) is 12.5. The van der Waals surface area contributed by atoms with E-state index >= 15 is 0 Å². The molecule has 0 N–H and O–H groups in total. The van der Waals surface area contributed by atoms with Crippen LogP contribution in [0.2, 0.25) is 0 Å². The number of para-hydroxylation sites is 1. The molecule has 1 heterocycles. The zero-order chi connectivity index (χ0) is 13.1. The molecule has 0 aliphatic rings. The van der Waals surface area contributed by atoms with Crippen LogP contribution in [0.1, 0.15) is 19.9 Å². The molecule has 2 aromatic rings. The fourth-order valence-electron chi connectivity index (χ4n) is 2.03. The SMILES string of the molecule is COc1cccc(-c2ccnn2C(C)C)c1OC. The van der Waals surface area contributed by atoms with E-state index in [4.69, 9.17) is 9.47 Å². The van der Waals surface area contributed by atoms with Gasteiger partial charge < -0.3 is 9.47 Å². The summed E-state index contributed by atoms with van der Waals surface area (Å²) in [5.41, 5.74) is 2.02. The Morgan fingerprint density at radius 3 is 2.50 bits per heavy atom. The molecule has 0 radical (unpaired) electrons. The molecule has 2 rings (SSSR count). The van der Waals surface area contributed by atoms with Crippen molar-refractivity contribution in [1.82, 2.24) is 9.78 Å². The van der Waals surface area contributed by atoms with Crippen LogP contribution in [0, 0.1) is 0 Å². The van der Waals surface area contributed by atoms with E-state index in [1.165, 1.54) is 0 Å². The first-order valence-electron chi connectivity index (χ1n) is 5.94. The lowest BCUT2D eigenvalue weighted by molar-refractivity contribution is 0.355. The van der Waals surface area contributed by atoms with Crippen LogP contribution < -0.4 is 9.47 Å². The molecule has 18 heavy (non-hydrogen) atoms. The molecule has 96 valence electrons. The van der Waals surface area contributed by atoms with Crippen molar-refractivity contribution in [2.75, 3.05) is 14.2 Å². The van der Waals surface area contributed by atoms with Gasteiger partial charge in [-0.05, 0) is 32.0 Å². The lowest BCUT2D eigenvalue weighted by atomic mass is 10.1. The molecule has 1 aromatic carbocycles. The number of benzene rings is 1. The highest BCUT2D eigenvalue weighted by molar-refractivity contribution is 5.71. The summed E-state index contributed by atoms with van der Waals surface area (Å²) in [6, 6.07) is 8.13. The fourth-order valence-corrected chi connectivity index (χ4v) is 2.03. The Labute approximate surface area is 107 Å². The van der Waals surface area contributed by atoms with Crippen molar-refractivity contribution < 1.29 is 9.47 Å². The van der Waals surface area contributed by atoms with Crippen LogP contribution in [0.3, 0.4) is 0 Å². The lowest BCUT2D eigenvalue weighted by Crippen LogP contribution is -2.05. The van der Waals surface area contributed by atoms with E-state index in [9.17, 15) is 0 Å². The first-order chi connectivity index (χ1) is 8.69. The van der Waals surface area contributed by atoms with Crippen LogP contribution in [0.5, 0.6) is 11.5 Å². The summed E-state index contributed by atoms with van der Waals surface area (Å²) in [4.78, 5) is 0. The van der Waals surface area contributed by atoms with Crippen molar-refractivity contribution in [2.24, 2.45) is 0 Å². The smallest absolute Gasteiger partial charge is 0.170 e. The Morgan fingerprint density at radius 2 is 1.89 bits per heavy atom. The molecule has 1 aromatic heterocycles. The molecule has 0 unspecified atom stereocenters. The lowest BCUT2D eigenvalue weighted by Gasteiger charge is -2.15. The Morgan fingerprint density at radius 1 is 1.11 bits per heavy atom. The van der Waals surface area contributed by atoms with Gasteiger partial charge >= 0.3 is 0 Å². The van der Waals surface area contributed by atoms with E-state index < -0.39 is 0 Å². The van der Waals surface area contributed by atoms with Crippen molar-refractivity contribution in [3.8, 4) is 22.8 Å². The molecule has 0 fully saturated rings. The van der Waals surface area contributed by atoms with E-state index in [-0.39, 0.29) is 0 Å². The highest BCUT2D eigenvalue weighted by Gasteiger charge is 2.15. The molecule has 4 nitrogen and oxygen atoms in total. The van der Waals surface area contributed by atoms with Crippen LogP contribution in [0.4, 0.5) is 0 Å².